The zero-order valence-corrected chi connectivity index (χ0v) is 9.87. The molecule has 18 heavy (non-hydrogen) atoms. The first-order chi connectivity index (χ1) is 8.75. The van der Waals surface area contributed by atoms with Crippen LogP contribution in [0.3, 0.4) is 0 Å². The summed E-state index contributed by atoms with van der Waals surface area (Å²) in [5, 5.41) is 12.6. The third-order valence-corrected chi connectivity index (χ3v) is 2.60. The summed E-state index contributed by atoms with van der Waals surface area (Å²) in [5.74, 6) is 0.486. The highest BCUT2D eigenvalue weighted by molar-refractivity contribution is 5.76. The first-order valence-electron chi connectivity index (χ1n) is 5.78. The fourth-order valence-electron chi connectivity index (χ4n) is 1.64. The van der Waals surface area contributed by atoms with E-state index < -0.39 is 6.10 Å². The molecule has 0 aliphatic rings. The molecular formula is C14H15NO3. The van der Waals surface area contributed by atoms with Crippen LogP contribution in [-0.4, -0.2) is 11.0 Å². The Morgan fingerprint density at radius 1 is 1.22 bits per heavy atom. The lowest BCUT2D eigenvalue weighted by atomic mass is 10.1. The van der Waals surface area contributed by atoms with E-state index in [1.807, 2.05) is 18.2 Å². The molecule has 2 rings (SSSR count). The molecule has 4 nitrogen and oxygen atoms in total. The molecule has 1 amide bonds. The average Bonchev–Trinajstić information content (AvgIpc) is 2.90. The number of nitrogens with one attached hydrogen (secondary N) is 1. The number of hydrogen-bond acceptors (Lipinski definition) is 3. The highest BCUT2D eigenvalue weighted by Gasteiger charge is 2.12. The Bertz CT molecular complexity index is 479. The molecule has 0 bridgehead atoms. The van der Waals surface area contributed by atoms with Gasteiger partial charge in [-0.05, 0) is 17.7 Å². The average molecular weight is 245 g/mol. The Morgan fingerprint density at radius 3 is 2.67 bits per heavy atom. The molecule has 0 aliphatic heterocycles. The molecule has 0 spiro atoms. The number of amides is 1. The van der Waals surface area contributed by atoms with Crippen molar-refractivity contribution in [1.29, 1.82) is 0 Å². The molecule has 1 atom stereocenters. The standard InChI is InChI=1S/C14H15NO3/c16-13(11-5-2-1-3-6-11)9-14(17)15-10-12-7-4-8-18-12/h1-8,13,16H,9-10H2,(H,15,17). The minimum absolute atomic E-state index is 0.0464. The Morgan fingerprint density at radius 2 is 2.00 bits per heavy atom. The van der Waals surface area contributed by atoms with Gasteiger partial charge in [0.1, 0.15) is 5.76 Å². The second kappa shape index (κ2) is 6.02. The Hall–Kier alpha value is -2.07. The van der Waals surface area contributed by atoms with Crippen molar-refractivity contribution < 1.29 is 14.3 Å². The molecule has 1 unspecified atom stereocenters. The smallest absolute Gasteiger partial charge is 0.223 e. The van der Waals surface area contributed by atoms with Crippen LogP contribution in [0.2, 0.25) is 0 Å². The maximum atomic E-state index is 11.6. The van der Waals surface area contributed by atoms with E-state index in [-0.39, 0.29) is 12.3 Å². The largest absolute Gasteiger partial charge is 0.467 e. The summed E-state index contributed by atoms with van der Waals surface area (Å²) in [6.07, 6.45) is 0.827. The van der Waals surface area contributed by atoms with Gasteiger partial charge in [0.15, 0.2) is 0 Å². The van der Waals surface area contributed by atoms with Crippen LogP contribution in [0.5, 0.6) is 0 Å². The molecule has 94 valence electrons. The van der Waals surface area contributed by atoms with Gasteiger partial charge in [0.25, 0.3) is 0 Å². The van der Waals surface area contributed by atoms with E-state index in [0.29, 0.717) is 12.3 Å². The number of hydrogen-bond donors (Lipinski definition) is 2. The van der Waals surface area contributed by atoms with E-state index in [2.05, 4.69) is 5.32 Å². The van der Waals surface area contributed by atoms with Gasteiger partial charge in [0.2, 0.25) is 5.91 Å². The van der Waals surface area contributed by atoms with Crippen LogP contribution >= 0.6 is 0 Å². The molecule has 0 saturated heterocycles. The Kier molecular flexibility index (Phi) is 4.15. The maximum Gasteiger partial charge on any atom is 0.223 e. The van der Waals surface area contributed by atoms with E-state index >= 15 is 0 Å². The highest BCUT2D eigenvalue weighted by Crippen LogP contribution is 2.15. The van der Waals surface area contributed by atoms with Crippen molar-refractivity contribution in [1.82, 2.24) is 5.32 Å². The summed E-state index contributed by atoms with van der Waals surface area (Å²) < 4.78 is 5.10. The molecule has 4 heteroatoms. The minimum atomic E-state index is -0.775. The lowest BCUT2D eigenvalue weighted by Crippen LogP contribution is -2.24. The Balaban J connectivity index is 1.80. The van der Waals surface area contributed by atoms with E-state index in [9.17, 15) is 9.90 Å². The maximum absolute atomic E-state index is 11.6. The van der Waals surface area contributed by atoms with Crippen molar-refractivity contribution in [3.05, 3.63) is 60.1 Å². The zero-order valence-electron chi connectivity index (χ0n) is 9.87. The van der Waals surface area contributed by atoms with E-state index in [1.165, 1.54) is 0 Å². The number of furan rings is 1. The van der Waals surface area contributed by atoms with Crippen molar-refractivity contribution in [2.75, 3.05) is 0 Å². The van der Waals surface area contributed by atoms with Crippen LogP contribution in [0.15, 0.2) is 53.1 Å². The normalized spacial score (nSPS) is 12.1. The highest BCUT2D eigenvalue weighted by atomic mass is 16.3. The lowest BCUT2D eigenvalue weighted by molar-refractivity contribution is -0.123. The van der Waals surface area contributed by atoms with Gasteiger partial charge in [-0.3, -0.25) is 4.79 Å². The van der Waals surface area contributed by atoms with Gasteiger partial charge in [-0.15, -0.1) is 0 Å². The fraction of sp³-hybridized carbons (Fsp3) is 0.214. The van der Waals surface area contributed by atoms with Gasteiger partial charge in [0.05, 0.1) is 25.3 Å². The van der Waals surface area contributed by atoms with Gasteiger partial charge in [0, 0.05) is 0 Å². The van der Waals surface area contributed by atoms with Crippen LogP contribution < -0.4 is 5.32 Å². The number of carbonyl (C=O) groups is 1. The molecule has 0 fully saturated rings. The van der Waals surface area contributed by atoms with Crippen molar-refractivity contribution in [3.63, 3.8) is 0 Å². The predicted octanol–water partition coefficient (Wildman–Crippen LogP) is 2.02. The molecule has 0 radical (unpaired) electrons. The SMILES string of the molecule is O=C(CC(O)c1ccccc1)NCc1ccco1. The van der Waals surface area contributed by atoms with Gasteiger partial charge < -0.3 is 14.8 Å². The van der Waals surface area contributed by atoms with Crippen LogP contribution in [-0.2, 0) is 11.3 Å². The molecule has 1 aromatic heterocycles. The second-order valence-electron chi connectivity index (χ2n) is 3.99. The third kappa shape index (κ3) is 3.46. The van der Waals surface area contributed by atoms with Crippen LogP contribution in [0.1, 0.15) is 23.8 Å². The van der Waals surface area contributed by atoms with Crippen LogP contribution in [0.25, 0.3) is 0 Å². The second-order valence-corrected chi connectivity index (χ2v) is 3.99. The number of aliphatic hydroxyl groups is 1. The molecule has 2 N–H and O–H groups in total. The molecule has 2 aromatic rings. The predicted molar refractivity (Wildman–Crippen MR) is 66.6 cm³/mol. The van der Waals surface area contributed by atoms with Crippen LogP contribution in [0, 0.1) is 0 Å². The lowest BCUT2D eigenvalue weighted by Gasteiger charge is -2.10. The van der Waals surface area contributed by atoms with Crippen molar-refractivity contribution in [2.45, 2.75) is 19.1 Å². The van der Waals surface area contributed by atoms with Gasteiger partial charge in [-0.25, -0.2) is 0 Å². The van der Waals surface area contributed by atoms with Crippen molar-refractivity contribution in [3.8, 4) is 0 Å². The third-order valence-electron chi connectivity index (χ3n) is 2.60. The van der Waals surface area contributed by atoms with Crippen molar-refractivity contribution >= 4 is 5.91 Å². The van der Waals surface area contributed by atoms with Gasteiger partial charge in [-0.1, -0.05) is 30.3 Å². The quantitative estimate of drug-likeness (QED) is 0.847. The molecule has 1 heterocycles. The number of rotatable bonds is 5. The van der Waals surface area contributed by atoms with Gasteiger partial charge in [-0.2, -0.15) is 0 Å². The molecule has 1 aromatic carbocycles. The van der Waals surface area contributed by atoms with E-state index in [4.69, 9.17) is 4.42 Å². The topological polar surface area (TPSA) is 62.5 Å². The van der Waals surface area contributed by atoms with Crippen molar-refractivity contribution in [2.24, 2.45) is 0 Å². The summed E-state index contributed by atoms with van der Waals surface area (Å²) in [4.78, 5) is 11.6. The first kappa shape index (κ1) is 12.4. The first-order valence-corrected chi connectivity index (χ1v) is 5.78. The minimum Gasteiger partial charge on any atom is -0.467 e. The zero-order chi connectivity index (χ0) is 12.8. The Labute approximate surface area is 105 Å². The van der Waals surface area contributed by atoms with Gasteiger partial charge >= 0.3 is 0 Å². The molecule has 0 aliphatic carbocycles. The summed E-state index contributed by atoms with van der Waals surface area (Å²) in [6, 6.07) is 12.7. The fourth-order valence-corrected chi connectivity index (χ4v) is 1.64. The number of benzene rings is 1. The molecule has 0 saturated carbocycles. The summed E-state index contributed by atoms with van der Waals surface area (Å²) >= 11 is 0. The monoisotopic (exact) mass is 245 g/mol. The number of carbonyl (C=O) groups excluding carboxylic acids is 1. The molecular weight excluding hydrogens is 230 g/mol. The van der Waals surface area contributed by atoms with Crippen LogP contribution in [0.4, 0.5) is 0 Å². The summed E-state index contributed by atoms with van der Waals surface area (Å²) in [7, 11) is 0. The summed E-state index contributed by atoms with van der Waals surface area (Å²) in [6.45, 7) is 0.341. The number of aliphatic hydroxyl groups excluding tert-OH is 1. The van der Waals surface area contributed by atoms with E-state index in [1.54, 1.807) is 30.5 Å². The van der Waals surface area contributed by atoms with E-state index in [0.717, 1.165) is 5.56 Å². The summed E-state index contributed by atoms with van der Waals surface area (Å²) in [5.41, 5.74) is 0.741.